The average Bonchev–Trinajstić information content (AvgIpc) is 3.50. The van der Waals surface area contributed by atoms with E-state index in [4.69, 9.17) is 25.8 Å². The van der Waals surface area contributed by atoms with Crippen LogP contribution in [0.5, 0.6) is 23.0 Å². The topological polar surface area (TPSA) is 96.9 Å². The van der Waals surface area contributed by atoms with Crippen molar-refractivity contribution in [2.75, 3.05) is 27.4 Å². The van der Waals surface area contributed by atoms with Crippen molar-refractivity contribution >= 4 is 17.5 Å². The highest BCUT2D eigenvalue weighted by Gasteiger charge is 2.42. The van der Waals surface area contributed by atoms with E-state index in [1.807, 2.05) is 47.4 Å². The SMILES string of the molecule is C=CCOc1ccc(C2c3c(-c4cc(Cl)ccc4O)n[nH]c3C(=O)N2CCc2ccc(OC)c(OC)c2)cc1. The van der Waals surface area contributed by atoms with Crippen molar-refractivity contribution in [2.45, 2.75) is 12.5 Å². The van der Waals surface area contributed by atoms with Crippen LogP contribution < -0.4 is 14.2 Å². The predicted molar refractivity (Wildman–Crippen MR) is 149 cm³/mol. The van der Waals surface area contributed by atoms with Gasteiger partial charge in [0, 0.05) is 22.7 Å². The van der Waals surface area contributed by atoms with Gasteiger partial charge in [-0.2, -0.15) is 5.10 Å². The summed E-state index contributed by atoms with van der Waals surface area (Å²) in [6.07, 6.45) is 2.26. The number of fused-ring (bicyclic) bond motifs is 1. The first-order valence-corrected chi connectivity index (χ1v) is 12.8. The Kier molecular flexibility index (Phi) is 7.47. The Bertz CT molecular complexity index is 1520. The molecule has 0 fully saturated rings. The van der Waals surface area contributed by atoms with Crippen LogP contribution >= 0.6 is 11.6 Å². The molecule has 2 heterocycles. The Hall–Kier alpha value is -4.43. The maximum atomic E-state index is 13.7. The number of halogens is 1. The summed E-state index contributed by atoms with van der Waals surface area (Å²) < 4.78 is 16.5. The second-order valence-electron chi connectivity index (χ2n) is 9.03. The minimum Gasteiger partial charge on any atom is -0.507 e. The highest BCUT2D eigenvalue weighted by molar-refractivity contribution is 6.31. The van der Waals surface area contributed by atoms with Crippen molar-refractivity contribution in [3.63, 3.8) is 0 Å². The summed E-state index contributed by atoms with van der Waals surface area (Å²) in [4.78, 5) is 15.5. The van der Waals surface area contributed by atoms with Gasteiger partial charge in [-0.05, 0) is 60.0 Å². The fourth-order valence-corrected chi connectivity index (χ4v) is 5.04. The fourth-order valence-electron chi connectivity index (χ4n) is 4.86. The smallest absolute Gasteiger partial charge is 0.273 e. The lowest BCUT2D eigenvalue weighted by Crippen LogP contribution is -2.31. The molecule has 1 amide bonds. The summed E-state index contributed by atoms with van der Waals surface area (Å²) >= 11 is 6.25. The summed E-state index contributed by atoms with van der Waals surface area (Å²) in [5.74, 6) is 1.81. The lowest BCUT2D eigenvalue weighted by Gasteiger charge is -2.27. The van der Waals surface area contributed by atoms with Crippen LogP contribution in [0.15, 0.2) is 73.3 Å². The van der Waals surface area contributed by atoms with E-state index in [1.165, 1.54) is 6.07 Å². The third-order valence-corrected chi connectivity index (χ3v) is 6.97. The number of phenols is 1. The van der Waals surface area contributed by atoms with Crippen molar-refractivity contribution in [1.82, 2.24) is 15.1 Å². The van der Waals surface area contributed by atoms with Crippen LogP contribution in [0.25, 0.3) is 11.3 Å². The minimum atomic E-state index is -0.451. The van der Waals surface area contributed by atoms with Gasteiger partial charge in [0.25, 0.3) is 5.91 Å². The molecule has 3 aromatic carbocycles. The zero-order valence-electron chi connectivity index (χ0n) is 21.6. The Morgan fingerprint density at radius 3 is 2.56 bits per heavy atom. The molecule has 39 heavy (non-hydrogen) atoms. The number of methoxy groups -OCH3 is 2. The quantitative estimate of drug-likeness (QED) is 0.244. The number of amides is 1. The van der Waals surface area contributed by atoms with Gasteiger partial charge in [0.1, 0.15) is 29.5 Å². The number of phenolic OH excluding ortho intramolecular Hbond substituents is 1. The Balaban J connectivity index is 1.54. The van der Waals surface area contributed by atoms with Crippen molar-refractivity contribution in [2.24, 2.45) is 0 Å². The third-order valence-electron chi connectivity index (χ3n) is 6.73. The zero-order chi connectivity index (χ0) is 27.5. The molecule has 0 aliphatic carbocycles. The number of nitrogens with zero attached hydrogens (tertiary/aromatic N) is 2. The van der Waals surface area contributed by atoms with Gasteiger partial charge in [-0.15, -0.1) is 0 Å². The lowest BCUT2D eigenvalue weighted by atomic mass is 9.95. The Morgan fingerprint density at radius 2 is 1.85 bits per heavy atom. The van der Waals surface area contributed by atoms with Crippen molar-refractivity contribution in [3.05, 3.63) is 101 Å². The molecule has 4 aromatic rings. The van der Waals surface area contributed by atoms with E-state index in [-0.39, 0.29) is 11.7 Å². The number of nitrogens with one attached hydrogen (secondary N) is 1. The summed E-state index contributed by atoms with van der Waals surface area (Å²) in [5, 5.41) is 18.4. The number of hydrogen-bond acceptors (Lipinski definition) is 6. The van der Waals surface area contributed by atoms with E-state index in [2.05, 4.69) is 16.8 Å². The predicted octanol–water partition coefficient (Wildman–Crippen LogP) is 5.81. The van der Waals surface area contributed by atoms with Gasteiger partial charge in [0.2, 0.25) is 0 Å². The lowest BCUT2D eigenvalue weighted by molar-refractivity contribution is 0.0746. The summed E-state index contributed by atoms with van der Waals surface area (Å²) in [7, 11) is 3.19. The Labute approximate surface area is 231 Å². The van der Waals surface area contributed by atoms with E-state index in [0.717, 1.165) is 11.1 Å². The van der Waals surface area contributed by atoms with E-state index < -0.39 is 6.04 Å². The molecule has 5 rings (SSSR count). The molecule has 1 atom stereocenters. The normalized spacial score (nSPS) is 14.3. The largest absolute Gasteiger partial charge is 0.507 e. The zero-order valence-corrected chi connectivity index (χ0v) is 22.4. The molecular formula is C30H28ClN3O5. The maximum absolute atomic E-state index is 13.7. The number of ether oxygens (including phenoxy) is 3. The molecule has 1 unspecified atom stereocenters. The van der Waals surface area contributed by atoms with Crippen molar-refractivity contribution in [1.29, 1.82) is 0 Å². The van der Waals surface area contributed by atoms with Crippen LogP contribution in [0.3, 0.4) is 0 Å². The van der Waals surface area contributed by atoms with E-state index in [1.54, 1.807) is 32.4 Å². The third kappa shape index (κ3) is 5.03. The molecule has 1 aliphatic rings. The summed E-state index contributed by atoms with van der Waals surface area (Å²) in [6.45, 7) is 4.51. The number of carbonyl (C=O) groups excluding carboxylic acids is 1. The van der Waals surface area contributed by atoms with Gasteiger partial charge in [-0.1, -0.05) is 42.5 Å². The summed E-state index contributed by atoms with van der Waals surface area (Å²) in [5.41, 5.74) is 3.87. The molecule has 1 aliphatic heterocycles. The van der Waals surface area contributed by atoms with Crippen LogP contribution in [0, 0.1) is 0 Å². The first-order valence-electron chi connectivity index (χ1n) is 12.4. The second kappa shape index (κ2) is 11.1. The first-order chi connectivity index (χ1) is 18.9. The molecule has 0 spiro atoms. The van der Waals surface area contributed by atoms with Crippen molar-refractivity contribution < 1.29 is 24.1 Å². The van der Waals surface area contributed by atoms with Crippen LogP contribution in [0.2, 0.25) is 5.02 Å². The molecule has 2 N–H and O–H groups in total. The number of benzene rings is 3. The van der Waals surface area contributed by atoms with E-state index in [9.17, 15) is 9.90 Å². The number of aromatic amines is 1. The average molecular weight is 546 g/mol. The molecule has 200 valence electrons. The van der Waals surface area contributed by atoms with Crippen LogP contribution in [0.4, 0.5) is 0 Å². The number of carbonyl (C=O) groups is 1. The number of hydrogen-bond donors (Lipinski definition) is 2. The standard InChI is InChI=1S/C30H28ClN3O5/c1-4-15-39-21-9-6-19(7-10-21)29-26-27(22-17-20(31)8-11-23(22)35)32-33-28(26)30(36)34(29)14-13-18-5-12-24(37-2)25(16-18)38-3/h4-12,16-17,29,35H,1,13-15H2,2-3H3,(H,32,33). The summed E-state index contributed by atoms with van der Waals surface area (Å²) in [6, 6.07) is 17.6. The van der Waals surface area contributed by atoms with Gasteiger partial charge in [-0.25, -0.2) is 0 Å². The van der Waals surface area contributed by atoms with Gasteiger partial charge in [0.05, 0.1) is 20.3 Å². The molecular weight excluding hydrogens is 518 g/mol. The number of rotatable bonds is 10. The van der Waals surface area contributed by atoms with Gasteiger partial charge in [0.15, 0.2) is 11.5 Å². The second-order valence-corrected chi connectivity index (χ2v) is 9.47. The van der Waals surface area contributed by atoms with E-state index in [0.29, 0.717) is 64.4 Å². The maximum Gasteiger partial charge on any atom is 0.273 e. The molecule has 0 radical (unpaired) electrons. The molecule has 0 saturated carbocycles. The van der Waals surface area contributed by atoms with Crippen LogP contribution in [0.1, 0.15) is 33.2 Å². The number of aromatic hydroxyl groups is 1. The fraction of sp³-hybridized carbons (Fsp3) is 0.200. The highest BCUT2D eigenvalue weighted by Crippen LogP contribution is 2.45. The first kappa shape index (κ1) is 26.2. The van der Waals surface area contributed by atoms with Gasteiger partial charge < -0.3 is 24.2 Å². The minimum absolute atomic E-state index is 0.0249. The Morgan fingerprint density at radius 1 is 1.08 bits per heavy atom. The van der Waals surface area contributed by atoms with Gasteiger partial charge in [-0.3, -0.25) is 9.89 Å². The van der Waals surface area contributed by atoms with Crippen LogP contribution in [-0.4, -0.2) is 53.5 Å². The molecule has 0 bridgehead atoms. The van der Waals surface area contributed by atoms with Crippen molar-refractivity contribution in [3.8, 4) is 34.3 Å². The monoisotopic (exact) mass is 545 g/mol. The molecule has 9 heteroatoms. The molecule has 8 nitrogen and oxygen atoms in total. The number of H-pyrrole nitrogens is 1. The van der Waals surface area contributed by atoms with Gasteiger partial charge >= 0.3 is 0 Å². The highest BCUT2D eigenvalue weighted by atomic mass is 35.5. The number of aromatic nitrogens is 2. The molecule has 0 saturated heterocycles. The van der Waals surface area contributed by atoms with E-state index >= 15 is 0 Å². The molecule has 1 aromatic heterocycles. The van der Waals surface area contributed by atoms with Crippen LogP contribution in [-0.2, 0) is 6.42 Å².